The lowest BCUT2D eigenvalue weighted by Crippen LogP contribution is -2.70. The van der Waals surface area contributed by atoms with Crippen LogP contribution in [0.5, 0.6) is 0 Å². The number of hydrogen-bond donors (Lipinski definition) is 0. The quantitative estimate of drug-likeness (QED) is 0.635. The summed E-state index contributed by atoms with van der Waals surface area (Å²) in [5, 5.41) is 12.5. The molecule has 149 valence electrons. The maximum Gasteiger partial charge on any atom is 0.435 e. The zero-order valence-electron chi connectivity index (χ0n) is 13.7. The molecule has 1 rings (SSSR count). The molecule has 0 saturated carbocycles. The molecule has 1 heterocycles. The zero-order valence-corrected chi connectivity index (χ0v) is 13.7. The molecule has 1 aliphatic rings. The Hall–Kier alpha value is -0.750. The number of halogens is 9. The summed E-state index contributed by atoms with van der Waals surface area (Å²) in [4.78, 5) is 0. The maximum absolute atomic E-state index is 12.9. The van der Waals surface area contributed by atoms with Crippen LogP contribution in [-0.4, -0.2) is 46.4 Å². The van der Waals surface area contributed by atoms with Crippen LogP contribution in [0.1, 0.15) is 40.5 Å². The first-order chi connectivity index (χ1) is 10.7. The third kappa shape index (κ3) is 3.70. The zero-order chi connectivity index (χ0) is 20.3. The molecule has 0 atom stereocenters. The smallest absolute Gasteiger partial charge is 0.348 e. The minimum atomic E-state index is -6.79. The molecule has 1 aliphatic heterocycles. The summed E-state index contributed by atoms with van der Waals surface area (Å²) in [5.41, 5.74) is -9.35. The summed E-state index contributed by atoms with van der Waals surface area (Å²) in [6, 6.07) is 0. The van der Waals surface area contributed by atoms with Crippen LogP contribution >= 0.6 is 0 Å². The number of alkyl halides is 9. The fraction of sp³-hybridized carbons (Fsp3) is 1.00. The molecule has 12 heteroatoms. The first-order valence-electron chi connectivity index (χ1n) is 7.04. The molecule has 1 radical (unpaired) electrons. The lowest BCUT2D eigenvalue weighted by atomic mass is 9.80. The van der Waals surface area contributed by atoms with Gasteiger partial charge in [-0.2, -0.15) is 39.5 Å². The van der Waals surface area contributed by atoms with E-state index in [1.54, 1.807) is 0 Å². The minimum Gasteiger partial charge on any atom is -0.348 e. The Labute approximate surface area is 137 Å². The summed E-state index contributed by atoms with van der Waals surface area (Å²) in [6.45, 7) is 4.81. The second-order valence-corrected chi connectivity index (χ2v) is 7.24. The van der Waals surface area contributed by atoms with Crippen LogP contribution in [0.25, 0.3) is 0 Å². The first kappa shape index (κ1) is 22.3. The van der Waals surface area contributed by atoms with E-state index < -0.39 is 54.2 Å². The van der Waals surface area contributed by atoms with Gasteiger partial charge in [0.15, 0.2) is 0 Å². The number of ether oxygens (including phenoxy) is 1. The number of rotatable bonds is 2. The molecule has 0 aromatic rings. The Kier molecular flexibility index (Phi) is 5.24. The summed E-state index contributed by atoms with van der Waals surface area (Å²) in [5.74, 6) is 0. The first-order valence-corrected chi connectivity index (χ1v) is 7.04. The fourth-order valence-electron chi connectivity index (χ4n) is 3.19. The van der Waals surface area contributed by atoms with Crippen molar-refractivity contribution in [3.8, 4) is 0 Å². The SMILES string of the molecule is CC1(C)CC(OC(C(F)(F)F)(C(F)(F)F)C(F)(F)F)CC(C)(C)N1[O]. The average Bonchev–Trinajstić information content (AvgIpc) is 2.27. The Bertz CT molecular complexity index is 439. The second-order valence-electron chi connectivity index (χ2n) is 7.24. The van der Waals surface area contributed by atoms with Crippen molar-refractivity contribution in [1.82, 2.24) is 5.06 Å². The van der Waals surface area contributed by atoms with E-state index in [0.29, 0.717) is 5.06 Å². The Morgan fingerprint density at radius 1 is 0.760 bits per heavy atom. The fourth-order valence-corrected chi connectivity index (χ4v) is 3.19. The van der Waals surface area contributed by atoms with Crippen LogP contribution in [0.15, 0.2) is 0 Å². The van der Waals surface area contributed by atoms with Gasteiger partial charge < -0.3 is 4.74 Å². The van der Waals surface area contributed by atoms with E-state index in [1.165, 1.54) is 27.7 Å². The topological polar surface area (TPSA) is 32.4 Å². The van der Waals surface area contributed by atoms with Crippen molar-refractivity contribution >= 4 is 0 Å². The molecule has 0 aliphatic carbocycles. The van der Waals surface area contributed by atoms with Gasteiger partial charge in [-0.3, -0.25) is 0 Å². The van der Waals surface area contributed by atoms with E-state index in [0.717, 1.165) is 0 Å². The number of hydrogen-bond acceptors (Lipinski definition) is 2. The van der Waals surface area contributed by atoms with Crippen LogP contribution < -0.4 is 0 Å². The normalized spacial score (nSPS) is 23.8. The highest BCUT2D eigenvalue weighted by atomic mass is 19.4. The summed E-state index contributed by atoms with van der Waals surface area (Å²) < 4.78 is 120. The molecule has 0 amide bonds. The molecule has 25 heavy (non-hydrogen) atoms. The van der Waals surface area contributed by atoms with E-state index in [2.05, 4.69) is 4.74 Å². The molecule has 0 bridgehead atoms. The molecule has 0 aromatic heterocycles. The van der Waals surface area contributed by atoms with E-state index in [9.17, 15) is 44.7 Å². The minimum absolute atomic E-state index is 0.441. The molecule has 1 saturated heterocycles. The second kappa shape index (κ2) is 5.88. The average molecular weight is 390 g/mol. The van der Waals surface area contributed by atoms with Gasteiger partial charge in [0.1, 0.15) is 0 Å². The van der Waals surface area contributed by atoms with Gasteiger partial charge in [-0.25, -0.2) is 0 Å². The standard InChI is InChI=1S/C13H17F9NO2/c1-8(2)5-7(6-9(3,4)23(8)24)25-10(11(14,15)16,12(17,18)19)13(20,21)22/h7H,5-6H2,1-4H3. The lowest BCUT2D eigenvalue weighted by molar-refractivity contribution is -0.469. The number of piperidine rings is 1. The van der Waals surface area contributed by atoms with Gasteiger partial charge >= 0.3 is 24.1 Å². The highest BCUT2D eigenvalue weighted by Gasteiger charge is 2.86. The van der Waals surface area contributed by atoms with Crippen molar-refractivity contribution in [1.29, 1.82) is 0 Å². The third-order valence-corrected chi connectivity index (χ3v) is 4.10. The Morgan fingerprint density at radius 3 is 1.28 bits per heavy atom. The number of nitrogens with zero attached hydrogens (tertiary/aromatic N) is 1. The van der Waals surface area contributed by atoms with Gasteiger partial charge in [-0.05, 0) is 40.5 Å². The largest absolute Gasteiger partial charge is 0.435 e. The van der Waals surface area contributed by atoms with Crippen LogP contribution in [0.4, 0.5) is 39.5 Å². The molecular weight excluding hydrogens is 373 g/mol. The van der Waals surface area contributed by atoms with Gasteiger partial charge in [-0.1, -0.05) is 0 Å². The van der Waals surface area contributed by atoms with Crippen molar-refractivity contribution in [3.63, 3.8) is 0 Å². The summed E-state index contributed by atoms with van der Waals surface area (Å²) >= 11 is 0. The molecule has 3 nitrogen and oxygen atoms in total. The molecule has 0 spiro atoms. The lowest BCUT2D eigenvalue weighted by Gasteiger charge is -2.51. The van der Waals surface area contributed by atoms with Crippen LogP contribution in [0, 0.1) is 0 Å². The van der Waals surface area contributed by atoms with Crippen LogP contribution in [-0.2, 0) is 9.94 Å². The monoisotopic (exact) mass is 390 g/mol. The van der Waals surface area contributed by atoms with E-state index >= 15 is 0 Å². The highest BCUT2D eigenvalue weighted by molar-refractivity contribution is 5.05. The van der Waals surface area contributed by atoms with Gasteiger partial charge in [0.2, 0.25) is 0 Å². The van der Waals surface area contributed by atoms with E-state index in [4.69, 9.17) is 0 Å². The van der Waals surface area contributed by atoms with Crippen LogP contribution in [0.3, 0.4) is 0 Å². The van der Waals surface area contributed by atoms with Crippen molar-refractivity contribution in [2.45, 2.75) is 81.8 Å². The maximum atomic E-state index is 12.9. The van der Waals surface area contributed by atoms with Crippen molar-refractivity contribution < 1.29 is 49.5 Å². The van der Waals surface area contributed by atoms with Gasteiger partial charge in [0, 0.05) is 11.1 Å². The molecule has 0 aromatic carbocycles. The van der Waals surface area contributed by atoms with Crippen molar-refractivity contribution in [2.75, 3.05) is 0 Å². The molecule has 0 N–H and O–H groups in total. The number of hydroxylamine groups is 2. The molecule has 0 unspecified atom stereocenters. The van der Waals surface area contributed by atoms with E-state index in [-0.39, 0.29) is 0 Å². The van der Waals surface area contributed by atoms with Gasteiger partial charge in [0.05, 0.1) is 6.10 Å². The van der Waals surface area contributed by atoms with Gasteiger partial charge in [-0.15, -0.1) is 10.3 Å². The predicted molar refractivity (Wildman–Crippen MR) is 65.7 cm³/mol. The summed E-state index contributed by atoms with van der Waals surface area (Å²) in [6.07, 6.45) is -23.9. The molecule has 1 fully saturated rings. The Balaban J connectivity index is 3.42. The molecular formula is C13H17F9NO2. The third-order valence-electron chi connectivity index (χ3n) is 4.10. The highest BCUT2D eigenvalue weighted by Crippen LogP contribution is 2.56. The summed E-state index contributed by atoms with van der Waals surface area (Å²) in [7, 11) is 0. The van der Waals surface area contributed by atoms with Crippen LogP contribution in [0.2, 0.25) is 0 Å². The van der Waals surface area contributed by atoms with Crippen molar-refractivity contribution in [2.24, 2.45) is 0 Å². The Morgan fingerprint density at radius 2 is 1.04 bits per heavy atom. The van der Waals surface area contributed by atoms with E-state index in [1.807, 2.05) is 0 Å². The predicted octanol–water partition coefficient (Wildman–Crippen LogP) is 4.80. The van der Waals surface area contributed by atoms with Crippen molar-refractivity contribution in [3.05, 3.63) is 0 Å². The van der Waals surface area contributed by atoms with Gasteiger partial charge in [0.25, 0.3) is 0 Å².